The van der Waals surface area contributed by atoms with Gasteiger partial charge in [0.25, 0.3) is 0 Å². The highest BCUT2D eigenvalue weighted by Crippen LogP contribution is 2.72. The summed E-state index contributed by atoms with van der Waals surface area (Å²) in [5.74, 6) is -0.597. The predicted octanol–water partition coefficient (Wildman–Crippen LogP) is 6.51. The van der Waals surface area contributed by atoms with Crippen molar-refractivity contribution in [2.75, 3.05) is 47.1 Å². The van der Waals surface area contributed by atoms with Crippen LogP contribution in [0.1, 0.15) is 89.2 Å². The van der Waals surface area contributed by atoms with Gasteiger partial charge >= 0.3 is 0 Å². The molecule has 1 heterocycles. The zero-order valence-electron chi connectivity index (χ0n) is 35.1. The topological polar surface area (TPSA) is 131 Å². The highest BCUT2D eigenvalue weighted by molar-refractivity contribution is 5.76. The van der Waals surface area contributed by atoms with Crippen molar-refractivity contribution < 1.29 is 30.0 Å². The van der Waals surface area contributed by atoms with E-state index in [-0.39, 0.29) is 42.4 Å². The Kier molecular flexibility index (Phi) is 14.2. The van der Waals surface area contributed by atoms with Gasteiger partial charge in [-0.25, -0.2) is 0 Å². The van der Waals surface area contributed by atoms with Crippen molar-refractivity contribution in [2.24, 2.45) is 34.5 Å². The van der Waals surface area contributed by atoms with Crippen LogP contribution in [0, 0.1) is 34.5 Å². The number of aliphatic hydroxyl groups excluding tert-OH is 3. The number of methoxy groups -OCH3 is 1. The second-order valence-corrected chi connectivity index (χ2v) is 18.4. The molecule has 4 bridgehead atoms. The largest absolute Gasteiger partial charge is 0.396 e. The lowest BCUT2D eigenvalue weighted by Crippen LogP contribution is -2.67. The van der Waals surface area contributed by atoms with Crippen molar-refractivity contribution in [3.05, 3.63) is 106 Å². The van der Waals surface area contributed by atoms with Crippen molar-refractivity contribution in [1.82, 2.24) is 10.6 Å². The second kappa shape index (κ2) is 18.5. The van der Waals surface area contributed by atoms with E-state index in [9.17, 15) is 25.2 Å². The molecular formula is C49H70N2O6. The van der Waals surface area contributed by atoms with Crippen molar-refractivity contribution in [3.63, 3.8) is 0 Å². The van der Waals surface area contributed by atoms with E-state index >= 15 is 0 Å². The van der Waals surface area contributed by atoms with Gasteiger partial charge in [-0.1, -0.05) is 78.4 Å². The molecule has 6 rings (SSSR count). The van der Waals surface area contributed by atoms with Gasteiger partial charge in [0.15, 0.2) is 0 Å². The lowest BCUT2D eigenvalue weighted by atomic mass is 9.40. The fourth-order valence-electron chi connectivity index (χ4n) is 11.9. The fourth-order valence-corrected chi connectivity index (χ4v) is 11.9. The third kappa shape index (κ3) is 8.70. The Morgan fingerprint density at radius 1 is 1.18 bits per heavy atom. The summed E-state index contributed by atoms with van der Waals surface area (Å²) in [7, 11) is 3.65. The predicted molar refractivity (Wildman–Crippen MR) is 229 cm³/mol. The Labute approximate surface area is 342 Å². The molecule has 57 heavy (non-hydrogen) atoms. The Balaban J connectivity index is 1.28. The number of ether oxygens (including phenoxy) is 1. The average molecular weight is 783 g/mol. The van der Waals surface area contributed by atoms with E-state index in [0.717, 1.165) is 73.6 Å². The maximum absolute atomic E-state index is 13.1. The molecule has 1 aromatic rings. The van der Waals surface area contributed by atoms with E-state index in [1.165, 1.54) is 16.7 Å². The van der Waals surface area contributed by atoms with Gasteiger partial charge in [0.1, 0.15) is 6.29 Å². The minimum Gasteiger partial charge on any atom is -0.396 e. The molecule has 8 nitrogen and oxygen atoms in total. The van der Waals surface area contributed by atoms with E-state index in [1.54, 1.807) is 7.11 Å². The number of rotatable bonds is 14. The van der Waals surface area contributed by atoms with Crippen molar-refractivity contribution in [1.29, 1.82) is 0 Å². The minimum absolute atomic E-state index is 0.0176. The Morgan fingerprint density at radius 2 is 1.98 bits per heavy atom. The standard InChI is InChI=1S/C49H70N2O6/c1-34-14-15-39(28-36-10-7-11-37(27-36)29-46(3,51-30-34)23-26-57-5)35(2)9-6-12-40(31-53)42-17-21-49(45(42)55)44-38(18-25-52)16-20-47(33-48(49,56)22-24-50-4)19-8-13-41(32-54)43(44)47/h6-7,9-12,14,16,20,27,32,38-39,42,44-45,50-53,55-56H,2,8,13,15,17-19,21-26,28-31,33H2,1,3-5H3/b9-6+,34-14+,40-12-/t38-,39-,42-,44+,45+,46+,47+,48+,49+/m0/s1. The summed E-state index contributed by atoms with van der Waals surface area (Å²) in [4.78, 5) is 12.7. The van der Waals surface area contributed by atoms with Crippen LogP contribution in [0.5, 0.6) is 0 Å². The summed E-state index contributed by atoms with van der Waals surface area (Å²) in [6.45, 7) is 10.9. The third-order valence-corrected chi connectivity index (χ3v) is 14.8. The maximum atomic E-state index is 13.1. The summed E-state index contributed by atoms with van der Waals surface area (Å²) in [6, 6.07) is 8.91. The minimum atomic E-state index is -1.22. The molecule has 0 radical (unpaired) electrons. The molecular weight excluding hydrogens is 713 g/mol. The molecule has 4 aliphatic carbocycles. The molecule has 2 saturated carbocycles. The first-order valence-corrected chi connectivity index (χ1v) is 21.6. The molecule has 312 valence electrons. The van der Waals surface area contributed by atoms with Crippen LogP contribution < -0.4 is 10.6 Å². The number of nitrogens with one attached hydrogen (secondary N) is 2. The van der Waals surface area contributed by atoms with Crippen LogP contribution in [0.25, 0.3) is 0 Å². The average Bonchev–Trinajstić information content (AvgIpc) is 3.55. The van der Waals surface area contributed by atoms with E-state index in [4.69, 9.17) is 4.74 Å². The Hall–Kier alpha value is -2.95. The molecule has 6 N–H and O–H groups in total. The zero-order chi connectivity index (χ0) is 40.8. The highest BCUT2D eigenvalue weighted by Gasteiger charge is 2.71. The van der Waals surface area contributed by atoms with Gasteiger partial charge in [0.2, 0.25) is 0 Å². The number of hydrogen-bond donors (Lipinski definition) is 6. The number of fused-ring (bicyclic) bond motifs is 3. The summed E-state index contributed by atoms with van der Waals surface area (Å²) in [5.41, 5.74) is 4.84. The number of allylic oxidation sites excluding steroid dienone is 9. The summed E-state index contributed by atoms with van der Waals surface area (Å²) in [5, 5.41) is 54.1. The van der Waals surface area contributed by atoms with Crippen molar-refractivity contribution in [2.45, 2.75) is 108 Å². The second-order valence-electron chi connectivity index (χ2n) is 18.4. The summed E-state index contributed by atoms with van der Waals surface area (Å²) < 4.78 is 5.46. The van der Waals surface area contributed by atoms with Gasteiger partial charge in [-0.05, 0) is 150 Å². The smallest absolute Gasteiger partial charge is 0.146 e. The lowest BCUT2D eigenvalue weighted by molar-refractivity contribution is -0.207. The molecule has 1 aromatic carbocycles. The highest BCUT2D eigenvalue weighted by atomic mass is 16.5. The summed E-state index contributed by atoms with van der Waals surface area (Å²) in [6.07, 6.45) is 21.4. The fraction of sp³-hybridized carbons (Fsp3) is 0.612. The molecule has 0 aromatic heterocycles. The summed E-state index contributed by atoms with van der Waals surface area (Å²) >= 11 is 0. The number of aliphatic hydroxyl groups is 4. The quantitative estimate of drug-likeness (QED) is 0.0717. The first-order chi connectivity index (χ1) is 27.4. The van der Waals surface area contributed by atoms with Crippen LogP contribution in [-0.4, -0.2) is 91.0 Å². The van der Waals surface area contributed by atoms with Gasteiger partial charge in [-0.15, -0.1) is 0 Å². The number of carbonyl (C=O) groups is 1. The van der Waals surface area contributed by atoms with Gasteiger partial charge in [0, 0.05) is 49.2 Å². The molecule has 2 fully saturated rings. The number of benzene rings is 1. The lowest BCUT2D eigenvalue weighted by Gasteiger charge is -2.66. The van der Waals surface area contributed by atoms with E-state index in [0.29, 0.717) is 51.7 Å². The van der Waals surface area contributed by atoms with Crippen LogP contribution in [-0.2, 0) is 22.4 Å². The molecule has 9 atom stereocenters. The molecule has 5 aliphatic rings. The molecule has 0 unspecified atom stereocenters. The monoisotopic (exact) mass is 783 g/mol. The van der Waals surface area contributed by atoms with E-state index in [1.807, 2.05) is 19.2 Å². The SMILES string of the molecule is C=C(/C=C/C=C(/CO)[C@@H]1CC[C@]2([C@@H]1O)[C@H]1C3=C(C=O)CCC[C@@]3(C=C[C@H]1CCO)C[C@]2(O)CCNC)[C@H]1C/C=C(\C)CN[C@](C)(CCOC)Cc2cccc(c2)C1. The maximum Gasteiger partial charge on any atom is 0.146 e. The molecule has 1 aliphatic heterocycles. The zero-order valence-corrected chi connectivity index (χ0v) is 35.1. The van der Waals surface area contributed by atoms with Crippen LogP contribution in [0.4, 0.5) is 0 Å². The van der Waals surface area contributed by atoms with E-state index in [2.05, 4.69) is 79.6 Å². The van der Waals surface area contributed by atoms with Crippen LogP contribution in [0.15, 0.2) is 95.2 Å². The molecule has 8 heteroatoms. The third-order valence-electron chi connectivity index (χ3n) is 14.8. The van der Waals surface area contributed by atoms with E-state index < -0.39 is 22.5 Å². The number of carbonyl (C=O) groups excluding carboxylic acids is 1. The van der Waals surface area contributed by atoms with Gasteiger partial charge in [0.05, 0.1) is 18.3 Å². The first kappa shape index (κ1) is 43.6. The number of hydrogen-bond acceptors (Lipinski definition) is 8. The molecule has 0 saturated heterocycles. The first-order valence-electron chi connectivity index (χ1n) is 21.6. The van der Waals surface area contributed by atoms with Crippen LogP contribution >= 0.6 is 0 Å². The molecule has 0 amide bonds. The van der Waals surface area contributed by atoms with Crippen LogP contribution in [0.2, 0.25) is 0 Å². The molecule has 1 spiro atoms. The van der Waals surface area contributed by atoms with Crippen LogP contribution in [0.3, 0.4) is 0 Å². The normalized spacial score (nSPS) is 36.7. The van der Waals surface area contributed by atoms with Gasteiger partial charge in [-0.2, -0.15) is 0 Å². The number of aldehydes is 1. The van der Waals surface area contributed by atoms with Gasteiger partial charge in [-0.3, -0.25) is 4.79 Å². The Morgan fingerprint density at radius 3 is 2.72 bits per heavy atom. The van der Waals surface area contributed by atoms with Crippen molar-refractivity contribution in [3.8, 4) is 0 Å². The Bertz CT molecular complexity index is 1760. The van der Waals surface area contributed by atoms with Crippen molar-refractivity contribution >= 4 is 6.29 Å². The van der Waals surface area contributed by atoms with Gasteiger partial charge < -0.3 is 35.8 Å².